The lowest BCUT2D eigenvalue weighted by Crippen LogP contribution is -2.61. The summed E-state index contributed by atoms with van der Waals surface area (Å²) in [6.07, 6.45) is 4.64. The van der Waals surface area contributed by atoms with Crippen molar-refractivity contribution in [3.63, 3.8) is 0 Å². The molecule has 0 aliphatic carbocycles. The van der Waals surface area contributed by atoms with Crippen LogP contribution in [0.4, 0.5) is 0 Å². The van der Waals surface area contributed by atoms with Crippen LogP contribution >= 0.6 is 0 Å². The number of hydrogen-bond donors (Lipinski definition) is 1. The Morgan fingerprint density at radius 1 is 1.17 bits per heavy atom. The van der Waals surface area contributed by atoms with Gasteiger partial charge < -0.3 is 5.32 Å². The molecule has 0 saturated carbocycles. The number of fused-ring (bicyclic) bond motifs is 2. The fourth-order valence-electron chi connectivity index (χ4n) is 2.53. The molecule has 12 heavy (non-hydrogen) atoms. The van der Waals surface area contributed by atoms with Gasteiger partial charge in [0.05, 0.1) is 0 Å². The summed E-state index contributed by atoms with van der Waals surface area (Å²) in [6.45, 7) is 8.03. The zero-order chi connectivity index (χ0) is 8.72. The Bertz CT molecular complexity index is 182. The molecule has 0 amide bonds. The molecule has 2 rings (SSSR count). The van der Waals surface area contributed by atoms with Gasteiger partial charge in [-0.2, -0.15) is 0 Å². The molecule has 0 spiro atoms. The molecule has 2 aliphatic rings. The quantitative estimate of drug-likeness (QED) is 0.585. The van der Waals surface area contributed by atoms with Crippen LogP contribution in [0.3, 0.4) is 0 Å². The van der Waals surface area contributed by atoms with Crippen molar-refractivity contribution < 1.29 is 0 Å². The van der Waals surface area contributed by atoms with Crippen LogP contribution in [0.1, 0.15) is 20.8 Å². The maximum absolute atomic E-state index is 3.60. The van der Waals surface area contributed by atoms with E-state index < -0.39 is 0 Å². The number of nitrogens with one attached hydrogen (secondary N) is 1. The normalized spacial score (nSPS) is 46.9. The Morgan fingerprint density at radius 2 is 1.67 bits per heavy atom. The minimum atomic E-state index is 0.589. The van der Waals surface area contributed by atoms with E-state index in [0.717, 1.165) is 0 Å². The molecule has 0 aromatic heterocycles. The molecule has 0 radical (unpaired) electrons. The highest BCUT2D eigenvalue weighted by Crippen LogP contribution is 2.24. The summed E-state index contributed by atoms with van der Waals surface area (Å²) in [6, 6.07) is 2.48. The van der Waals surface area contributed by atoms with E-state index >= 15 is 0 Å². The van der Waals surface area contributed by atoms with Gasteiger partial charge >= 0.3 is 0 Å². The second-order valence-electron chi connectivity index (χ2n) is 3.91. The van der Waals surface area contributed by atoms with Gasteiger partial charge in [0.1, 0.15) is 0 Å². The topological polar surface area (TPSA) is 15.3 Å². The largest absolute Gasteiger partial charge is 0.301 e. The molecule has 1 saturated heterocycles. The van der Waals surface area contributed by atoms with E-state index in [9.17, 15) is 0 Å². The van der Waals surface area contributed by atoms with Gasteiger partial charge in [-0.3, -0.25) is 4.90 Å². The van der Waals surface area contributed by atoms with E-state index in [1.54, 1.807) is 0 Å². The third-order valence-electron chi connectivity index (χ3n) is 3.36. The number of hydrogen-bond acceptors (Lipinski definition) is 2. The lowest BCUT2D eigenvalue weighted by molar-refractivity contribution is 0.0907. The smallest absolute Gasteiger partial charge is 0.0410 e. The van der Waals surface area contributed by atoms with Crippen molar-refractivity contribution in [1.82, 2.24) is 10.2 Å². The Labute approximate surface area is 74.6 Å². The van der Waals surface area contributed by atoms with Crippen LogP contribution in [0.2, 0.25) is 0 Å². The first-order valence-corrected chi connectivity index (χ1v) is 4.94. The molecule has 0 aromatic carbocycles. The monoisotopic (exact) mass is 166 g/mol. The van der Waals surface area contributed by atoms with E-state index in [1.807, 2.05) is 0 Å². The second kappa shape index (κ2) is 2.86. The summed E-state index contributed by atoms with van der Waals surface area (Å²) in [5.41, 5.74) is 0. The van der Waals surface area contributed by atoms with Gasteiger partial charge in [-0.25, -0.2) is 0 Å². The van der Waals surface area contributed by atoms with E-state index in [0.29, 0.717) is 24.2 Å². The zero-order valence-electron chi connectivity index (χ0n) is 8.12. The Morgan fingerprint density at radius 3 is 2.08 bits per heavy atom. The molecule has 68 valence electrons. The molecule has 1 N–H and O–H groups in total. The molecule has 4 atom stereocenters. The van der Waals surface area contributed by atoms with E-state index in [1.165, 1.54) is 6.54 Å². The third-order valence-corrected chi connectivity index (χ3v) is 3.36. The van der Waals surface area contributed by atoms with Crippen LogP contribution in [0.5, 0.6) is 0 Å². The predicted molar refractivity (Wildman–Crippen MR) is 51.2 cm³/mol. The summed E-state index contributed by atoms with van der Waals surface area (Å²) in [4.78, 5) is 2.58. The van der Waals surface area contributed by atoms with Crippen molar-refractivity contribution in [2.75, 3.05) is 6.54 Å². The molecule has 2 bridgehead atoms. The van der Waals surface area contributed by atoms with Gasteiger partial charge in [0.2, 0.25) is 0 Å². The molecular formula is C10H18N2. The fourth-order valence-corrected chi connectivity index (χ4v) is 2.53. The van der Waals surface area contributed by atoms with Gasteiger partial charge in [-0.05, 0) is 20.4 Å². The lowest BCUT2D eigenvalue weighted by atomic mass is 10.0. The summed E-state index contributed by atoms with van der Waals surface area (Å²) in [7, 11) is 0. The zero-order valence-corrected chi connectivity index (χ0v) is 8.12. The highest BCUT2D eigenvalue weighted by molar-refractivity contribution is 5.18. The number of rotatable bonds is 1. The van der Waals surface area contributed by atoms with Crippen molar-refractivity contribution in [3.8, 4) is 0 Å². The SMILES string of the molecule is CCN1C(C)C2C=CC(N2)C1C. The van der Waals surface area contributed by atoms with Gasteiger partial charge in [0, 0.05) is 24.2 Å². The average molecular weight is 166 g/mol. The second-order valence-corrected chi connectivity index (χ2v) is 3.91. The number of likely N-dealkylation sites (N-methyl/N-ethyl adjacent to an activating group) is 1. The van der Waals surface area contributed by atoms with Gasteiger partial charge in [-0.15, -0.1) is 0 Å². The van der Waals surface area contributed by atoms with Crippen LogP contribution in [0.15, 0.2) is 12.2 Å². The maximum Gasteiger partial charge on any atom is 0.0410 e. The molecular weight excluding hydrogens is 148 g/mol. The Kier molecular flexibility index (Phi) is 1.97. The number of piperazine rings is 1. The van der Waals surface area contributed by atoms with Crippen molar-refractivity contribution in [2.24, 2.45) is 0 Å². The lowest BCUT2D eigenvalue weighted by Gasteiger charge is -2.43. The average Bonchev–Trinajstić information content (AvgIpc) is 2.48. The van der Waals surface area contributed by atoms with Gasteiger partial charge in [0.25, 0.3) is 0 Å². The van der Waals surface area contributed by atoms with Crippen LogP contribution in [-0.4, -0.2) is 35.6 Å². The highest BCUT2D eigenvalue weighted by atomic mass is 15.3. The van der Waals surface area contributed by atoms with Gasteiger partial charge in [-0.1, -0.05) is 19.1 Å². The first-order valence-electron chi connectivity index (χ1n) is 4.94. The summed E-state index contributed by atoms with van der Waals surface area (Å²) in [5, 5.41) is 3.60. The van der Waals surface area contributed by atoms with Crippen molar-refractivity contribution in [2.45, 2.75) is 44.9 Å². The Hall–Kier alpha value is -0.340. The maximum atomic E-state index is 3.60. The van der Waals surface area contributed by atoms with Crippen LogP contribution in [0, 0.1) is 0 Å². The van der Waals surface area contributed by atoms with Crippen molar-refractivity contribution >= 4 is 0 Å². The predicted octanol–water partition coefficient (Wildman–Crippen LogP) is 0.996. The first-order chi connectivity index (χ1) is 5.74. The standard InChI is InChI=1S/C10H18N2/c1-4-12-7(2)9-5-6-10(11-9)8(12)3/h5-11H,4H2,1-3H3. The molecule has 2 nitrogen and oxygen atoms in total. The van der Waals surface area contributed by atoms with E-state index in [-0.39, 0.29) is 0 Å². The van der Waals surface area contributed by atoms with E-state index in [4.69, 9.17) is 0 Å². The fraction of sp³-hybridized carbons (Fsp3) is 0.800. The summed E-state index contributed by atoms with van der Waals surface area (Å²) < 4.78 is 0. The van der Waals surface area contributed by atoms with Crippen LogP contribution in [0.25, 0.3) is 0 Å². The van der Waals surface area contributed by atoms with Crippen LogP contribution < -0.4 is 5.32 Å². The molecule has 4 unspecified atom stereocenters. The van der Waals surface area contributed by atoms with Crippen molar-refractivity contribution in [1.29, 1.82) is 0 Å². The first kappa shape index (κ1) is 8.27. The van der Waals surface area contributed by atoms with Crippen LogP contribution in [-0.2, 0) is 0 Å². The molecule has 2 heteroatoms. The molecule has 2 heterocycles. The Balaban J connectivity index is 2.19. The van der Waals surface area contributed by atoms with E-state index in [2.05, 4.69) is 43.1 Å². The summed E-state index contributed by atoms with van der Waals surface area (Å²) >= 11 is 0. The molecule has 1 fully saturated rings. The third kappa shape index (κ3) is 1.02. The molecule has 0 aromatic rings. The summed E-state index contributed by atoms with van der Waals surface area (Å²) in [5.74, 6) is 0. The number of nitrogens with zero attached hydrogens (tertiary/aromatic N) is 1. The van der Waals surface area contributed by atoms with Crippen molar-refractivity contribution in [3.05, 3.63) is 12.2 Å². The minimum absolute atomic E-state index is 0.589. The highest BCUT2D eigenvalue weighted by Gasteiger charge is 2.38. The molecule has 2 aliphatic heterocycles. The van der Waals surface area contributed by atoms with Gasteiger partial charge in [0.15, 0.2) is 0 Å². The minimum Gasteiger partial charge on any atom is -0.301 e.